The van der Waals surface area contributed by atoms with Gasteiger partial charge in [0.25, 0.3) is 5.91 Å². The maximum atomic E-state index is 13.9. The number of aryl methyl sites for hydroxylation is 1. The second kappa shape index (κ2) is 13.5. The Balaban J connectivity index is 1.28. The van der Waals surface area contributed by atoms with Crippen LogP contribution in [0.25, 0.3) is 0 Å². The Morgan fingerprint density at radius 2 is 1.73 bits per heavy atom. The van der Waals surface area contributed by atoms with Crippen LogP contribution in [0.2, 0.25) is 0 Å². The van der Waals surface area contributed by atoms with E-state index in [0.717, 1.165) is 75.1 Å². The van der Waals surface area contributed by atoms with E-state index < -0.39 is 6.04 Å². The van der Waals surface area contributed by atoms with Gasteiger partial charge in [-0.2, -0.15) is 0 Å². The number of anilines is 1. The zero-order valence-corrected chi connectivity index (χ0v) is 26.4. The highest BCUT2D eigenvalue weighted by Crippen LogP contribution is 2.37. The SMILES string of the molecule is CNc1ncc2cc1C1Cc3cc(cnc3C1)C(=O)NC1CC(c3ccccc3)C(C)N(CCCCCN(C)CCC2)C1=O. The van der Waals surface area contributed by atoms with Gasteiger partial charge in [0, 0.05) is 43.6 Å². The van der Waals surface area contributed by atoms with E-state index in [0.29, 0.717) is 18.5 Å². The molecular formula is C36H46N6O2. The molecule has 1 aromatic carbocycles. The van der Waals surface area contributed by atoms with Crippen molar-refractivity contribution in [1.82, 2.24) is 25.1 Å². The quantitative estimate of drug-likeness (QED) is 0.436. The lowest BCUT2D eigenvalue weighted by Gasteiger charge is -2.43. The molecule has 3 aromatic rings. The van der Waals surface area contributed by atoms with E-state index in [1.54, 1.807) is 6.20 Å². The Hall–Kier alpha value is -3.78. The van der Waals surface area contributed by atoms with Gasteiger partial charge in [0.2, 0.25) is 5.91 Å². The number of hydrogen-bond donors (Lipinski definition) is 2. The normalized spacial score (nSPS) is 25.2. The highest BCUT2D eigenvalue weighted by Gasteiger charge is 2.40. The van der Waals surface area contributed by atoms with Gasteiger partial charge >= 0.3 is 0 Å². The Labute approximate surface area is 261 Å². The minimum absolute atomic E-state index is 0.0263. The van der Waals surface area contributed by atoms with Crippen molar-refractivity contribution >= 4 is 17.6 Å². The lowest BCUT2D eigenvalue weighted by atomic mass is 9.81. The van der Waals surface area contributed by atoms with Crippen LogP contribution in [0.15, 0.2) is 54.9 Å². The molecule has 8 heteroatoms. The lowest BCUT2D eigenvalue weighted by Crippen LogP contribution is -2.58. The predicted molar refractivity (Wildman–Crippen MR) is 174 cm³/mol. The number of rotatable bonds is 2. The Morgan fingerprint density at radius 3 is 2.55 bits per heavy atom. The Morgan fingerprint density at radius 1 is 0.932 bits per heavy atom. The average molecular weight is 595 g/mol. The van der Waals surface area contributed by atoms with Crippen molar-refractivity contribution in [2.24, 2.45) is 0 Å². The molecule has 44 heavy (non-hydrogen) atoms. The Bertz CT molecular complexity index is 1480. The van der Waals surface area contributed by atoms with Gasteiger partial charge in [-0.05, 0) is 106 Å². The molecule has 1 fully saturated rings. The van der Waals surface area contributed by atoms with Crippen LogP contribution in [0.4, 0.5) is 5.82 Å². The third-order valence-corrected chi connectivity index (χ3v) is 10.0. The first kappa shape index (κ1) is 30.3. The molecule has 4 unspecified atom stereocenters. The predicted octanol–water partition coefficient (Wildman–Crippen LogP) is 4.95. The summed E-state index contributed by atoms with van der Waals surface area (Å²) in [5.74, 6) is 1.12. The highest BCUT2D eigenvalue weighted by molar-refractivity contribution is 5.97. The minimum Gasteiger partial charge on any atom is -0.373 e. The van der Waals surface area contributed by atoms with Crippen LogP contribution >= 0.6 is 0 Å². The molecule has 4 heterocycles. The molecule has 2 aliphatic heterocycles. The van der Waals surface area contributed by atoms with Crippen molar-refractivity contribution in [3.8, 4) is 0 Å². The zero-order chi connectivity index (χ0) is 30.6. The van der Waals surface area contributed by atoms with Crippen LogP contribution in [0.3, 0.4) is 0 Å². The smallest absolute Gasteiger partial charge is 0.253 e. The van der Waals surface area contributed by atoms with Gasteiger partial charge in [-0.15, -0.1) is 0 Å². The average Bonchev–Trinajstić information content (AvgIpc) is 3.47. The largest absolute Gasteiger partial charge is 0.373 e. The summed E-state index contributed by atoms with van der Waals surface area (Å²) in [4.78, 5) is 41.5. The molecule has 8 nitrogen and oxygen atoms in total. The number of hydrogen-bond acceptors (Lipinski definition) is 6. The fourth-order valence-corrected chi connectivity index (χ4v) is 7.46. The number of piperidine rings is 1. The number of fused-ring (bicyclic) bond motifs is 7. The molecule has 4 atom stereocenters. The summed E-state index contributed by atoms with van der Waals surface area (Å²) >= 11 is 0. The second-order valence-corrected chi connectivity index (χ2v) is 13.0. The number of nitrogens with one attached hydrogen (secondary N) is 2. The summed E-state index contributed by atoms with van der Waals surface area (Å²) in [6.45, 7) is 4.97. The molecular weight excluding hydrogens is 548 g/mol. The summed E-state index contributed by atoms with van der Waals surface area (Å²) in [5.41, 5.74) is 6.36. The molecule has 0 radical (unpaired) electrons. The molecule has 1 saturated heterocycles. The van der Waals surface area contributed by atoms with E-state index in [-0.39, 0.29) is 29.7 Å². The number of aromatic nitrogens is 2. The van der Waals surface area contributed by atoms with Crippen molar-refractivity contribution in [3.63, 3.8) is 0 Å². The topological polar surface area (TPSA) is 90.5 Å². The number of nitrogens with zero attached hydrogens (tertiary/aromatic N) is 4. The summed E-state index contributed by atoms with van der Waals surface area (Å²) in [5, 5.41) is 6.42. The molecule has 7 bridgehead atoms. The molecule has 2 aromatic heterocycles. The molecule has 2 N–H and O–H groups in total. The van der Waals surface area contributed by atoms with Gasteiger partial charge in [0.05, 0.1) is 5.56 Å². The summed E-state index contributed by atoms with van der Waals surface area (Å²) in [7, 11) is 4.13. The van der Waals surface area contributed by atoms with Gasteiger partial charge in [0.15, 0.2) is 0 Å². The lowest BCUT2D eigenvalue weighted by molar-refractivity contribution is -0.139. The van der Waals surface area contributed by atoms with Crippen LogP contribution in [-0.2, 0) is 24.1 Å². The molecule has 232 valence electrons. The van der Waals surface area contributed by atoms with E-state index in [1.165, 1.54) is 16.7 Å². The maximum absolute atomic E-state index is 13.9. The molecule has 1 aliphatic carbocycles. The van der Waals surface area contributed by atoms with Gasteiger partial charge < -0.3 is 20.4 Å². The Kier molecular flexibility index (Phi) is 9.26. The monoisotopic (exact) mass is 594 g/mol. The first-order valence-electron chi connectivity index (χ1n) is 16.4. The number of benzene rings is 1. The number of pyridine rings is 2. The van der Waals surface area contributed by atoms with Crippen molar-refractivity contribution in [3.05, 3.63) is 88.4 Å². The second-order valence-electron chi connectivity index (χ2n) is 13.0. The van der Waals surface area contributed by atoms with Crippen LogP contribution < -0.4 is 10.6 Å². The van der Waals surface area contributed by atoms with Crippen LogP contribution in [0.5, 0.6) is 0 Å². The van der Waals surface area contributed by atoms with E-state index in [9.17, 15) is 9.59 Å². The summed E-state index contributed by atoms with van der Waals surface area (Å²) in [6, 6.07) is 14.2. The third-order valence-electron chi connectivity index (χ3n) is 10.0. The van der Waals surface area contributed by atoms with Crippen molar-refractivity contribution < 1.29 is 9.59 Å². The van der Waals surface area contributed by atoms with Crippen LogP contribution in [-0.4, -0.2) is 77.4 Å². The molecule has 2 amide bonds. The van der Waals surface area contributed by atoms with Crippen LogP contribution in [0.1, 0.15) is 89.2 Å². The standard InChI is InChI=1S/C36H46N6O2/c1-24-30(26-12-6-4-7-13-26)21-33-36(44)42(24)16-9-5-8-14-41(3)15-10-11-25-17-31(34(37-2)39-22-25)27-18-28-19-29(35(43)40-33)23-38-32(28)20-27/h4,6-7,12-13,17,19,22-24,27,30,33H,5,8-11,14-16,18,20-21H2,1-3H3,(H,37,39)(H,40,43). The number of carbonyl (C=O) groups is 2. The minimum atomic E-state index is -0.569. The van der Waals surface area contributed by atoms with Gasteiger partial charge in [-0.25, -0.2) is 4.98 Å². The summed E-state index contributed by atoms with van der Waals surface area (Å²) < 4.78 is 0. The van der Waals surface area contributed by atoms with Gasteiger partial charge in [-0.3, -0.25) is 14.6 Å². The van der Waals surface area contributed by atoms with Gasteiger partial charge in [-0.1, -0.05) is 42.8 Å². The molecule has 0 saturated carbocycles. The molecule has 0 spiro atoms. The first-order chi connectivity index (χ1) is 21.4. The third kappa shape index (κ3) is 6.50. The maximum Gasteiger partial charge on any atom is 0.253 e. The first-order valence-corrected chi connectivity index (χ1v) is 16.4. The molecule has 6 rings (SSSR count). The van der Waals surface area contributed by atoms with Gasteiger partial charge in [0.1, 0.15) is 11.9 Å². The fourth-order valence-electron chi connectivity index (χ4n) is 7.46. The molecule has 3 aliphatic rings. The zero-order valence-electron chi connectivity index (χ0n) is 26.4. The number of amides is 2. The van der Waals surface area contributed by atoms with Crippen LogP contribution in [0, 0.1) is 0 Å². The van der Waals surface area contributed by atoms with E-state index in [1.807, 2.05) is 30.3 Å². The van der Waals surface area contributed by atoms with E-state index in [4.69, 9.17) is 9.97 Å². The van der Waals surface area contributed by atoms with E-state index in [2.05, 4.69) is 59.8 Å². The van der Waals surface area contributed by atoms with Crippen molar-refractivity contribution in [1.29, 1.82) is 0 Å². The highest BCUT2D eigenvalue weighted by atomic mass is 16.2. The summed E-state index contributed by atoms with van der Waals surface area (Å²) in [6.07, 6.45) is 11.1. The fraction of sp³-hybridized carbons (Fsp3) is 0.500. The number of carbonyl (C=O) groups excluding carboxylic acids is 2. The van der Waals surface area contributed by atoms with Crippen molar-refractivity contribution in [2.75, 3.05) is 39.0 Å². The van der Waals surface area contributed by atoms with Crippen molar-refractivity contribution in [2.45, 2.75) is 82.2 Å². The van der Waals surface area contributed by atoms with E-state index >= 15 is 0 Å².